The molecule has 1 aliphatic rings. The molecule has 1 aliphatic heterocycles. The van der Waals surface area contributed by atoms with Gasteiger partial charge in [-0.25, -0.2) is 0 Å². The van der Waals surface area contributed by atoms with Crippen molar-refractivity contribution in [2.45, 2.75) is 18.9 Å². The van der Waals surface area contributed by atoms with E-state index in [1.807, 2.05) is 0 Å². The molecule has 94 valence electrons. The predicted molar refractivity (Wildman–Crippen MR) is 69.3 cm³/mol. The standard InChI is InChI=1S/C11H16BrN3O2/c1-16-9-6-10(17-2)14-11(13-9)15-5-3-4-8(15)7-12/h6,8H,3-5,7H2,1-2H3. The number of hydrogen-bond acceptors (Lipinski definition) is 5. The molecule has 5 nitrogen and oxygen atoms in total. The van der Waals surface area contributed by atoms with E-state index in [1.54, 1.807) is 20.3 Å². The Hall–Kier alpha value is -1.04. The van der Waals surface area contributed by atoms with Gasteiger partial charge in [0.25, 0.3) is 0 Å². The number of halogens is 1. The van der Waals surface area contributed by atoms with E-state index in [0.717, 1.165) is 18.3 Å². The second-order valence-electron chi connectivity index (χ2n) is 3.90. The van der Waals surface area contributed by atoms with E-state index in [4.69, 9.17) is 9.47 Å². The van der Waals surface area contributed by atoms with Gasteiger partial charge in [-0.3, -0.25) is 0 Å². The molecule has 1 aromatic rings. The van der Waals surface area contributed by atoms with Crippen molar-refractivity contribution in [2.24, 2.45) is 0 Å². The molecule has 0 bridgehead atoms. The van der Waals surface area contributed by atoms with E-state index in [0.29, 0.717) is 23.8 Å². The van der Waals surface area contributed by atoms with Crippen LogP contribution in [0.4, 0.5) is 5.95 Å². The van der Waals surface area contributed by atoms with Gasteiger partial charge >= 0.3 is 0 Å². The third kappa shape index (κ3) is 2.62. The number of alkyl halides is 1. The van der Waals surface area contributed by atoms with Gasteiger partial charge in [-0.15, -0.1) is 0 Å². The molecule has 1 saturated heterocycles. The van der Waals surface area contributed by atoms with Gasteiger partial charge in [0.1, 0.15) is 0 Å². The van der Waals surface area contributed by atoms with Crippen molar-refractivity contribution in [2.75, 3.05) is 31.0 Å². The molecule has 0 amide bonds. The van der Waals surface area contributed by atoms with E-state index in [9.17, 15) is 0 Å². The summed E-state index contributed by atoms with van der Waals surface area (Å²) in [6.45, 7) is 0.979. The smallest absolute Gasteiger partial charge is 0.232 e. The summed E-state index contributed by atoms with van der Waals surface area (Å²) in [4.78, 5) is 10.9. The number of nitrogens with zero attached hydrogens (tertiary/aromatic N) is 3. The summed E-state index contributed by atoms with van der Waals surface area (Å²) in [6.07, 6.45) is 2.33. The Balaban J connectivity index is 2.30. The van der Waals surface area contributed by atoms with Gasteiger partial charge in [0, 0.05) is 17.9 Å². The number of hydrogen-bond donors (Lipinski definition) is 0. The summed E-state index contributed by atoms with van der Waals surface area (Å²) >= 11 is 3.53. The Bertz CT molecular complexity index is 367. The highest BCUT2D eigenvalue weighted by molar-refractivity contribution is 9.09. The summed E-state index contributed by atoms with van der Waals surface area (Å²) in [5.74, 6) is 1.75. The quantitative estimate of drug-likeness (QED) is 0.795. The summed E-state index contributed by atoms with van der Waals surface area (Å²) in [5, 5.41) is 0.926. The van der Waals surface area contributed by atoms with Gasteiger partial charge in [0.2, 0.25) is 17.7 Å². The molecule has 2 heterocycles. The van der Waals surface area contributed by atoms with Crippen LogP contribution in [0.2, 0.25) is 0 Å². The second-order valence-corrected chi connectivity index (χ2v) is 4.54. The van der Waals surface area contributed by atoms with Crippen molar-refractivity contribution in [3.05, 3.63) is 6.07 Å². The minimum atomic E-state index is 0.451. The number of methoxy groups -OCH3 is 2. The Morgan fingerprint density at radius 3 is 2.53 bits per heavy atom. The molecule has 6 heteroatoms. The maximum absolute atomic E-state index is 5.16. The average Bonchev–Trinajstić information content (AvgIpc) is 2.86. The third-order valence-corrected chi connectivity index (χ3v) is 3.65. The monoisotopic (exact) mass is 301 g/mol. The fraction of sp³-hybridized carbons (Fsp3) is 0.636. The van der Waals surface area contributed by atoms with E-state index in [2.05, 4.69) is 30.8 Å². The third-order valence-electron chi connectivity index (χ3n) is 2.90. The first-order valence-electron chi connectivity index (χ1n) is 5.58. The highest BCUT2D eigenvalue weighted by Crippen LogP contribution is 2.27. The number of anilines is 1. The maximum Gasteiger partial charge on any atom is 0.232 e. The normalized spacial score (nSPS) is 19.5. The fourth-order valence-corrected chi connectivity index (χ4v) is 2.66. The summed E-state index contributed by atoms with van der Waals surface area (Å²) in [6, 6.07) is 2.13. The largest absolute Gasteiger partial charge is 0.481 e. The molecule has 0 saturated carbocycles. The Morgan fingerprint density at radius 2 is 2.00 bits per heavy atom. The lowest BCUT2D eigenvalue weighted by Crippen LogP contribution is -2.32. The summed E-state index contributed by atoms with van der Waals surface area (Å²) < 4.78 is 10.3. The van der Waals surface area contributed by atoms with Crippen LogP contribution in [-0.4, -0.2) is 42.1 Å². The van der Waals surface area contributed by atoms with Crippen LogP contribution in [-0.2, 0) is 0 Å². The summed E-state index contributed by atoms with van der Waals surface area (Å²) in [5.41, 5.74) is 0. The molecule has 0 N–H and O–H groups in total. The minimum Gasteiger partial charge on any atom is -0.481 e. The highest BCUT2D eigenvalue weighted by Gasteiger charge is 2.26. The van der Waals surface area contributed by atoms with Crippen molar-refractivity contribution in [3.8, 4) is 11.8 Å². The Kier molecular flexibility index (Phi) is 4.04. The molecule has 1 fully saturated rings. The van der Waals surface area contributed by atoms with Crippen LogP contribution >= 0.6 is 15.9 Å². The van der Waals surface area contributed by atoms with Crippen LogP contribution in [0.1, 0.15) is 12.8 Å². The topological polar surface area (TPSA) is 47.5 Å². The van der Waals surface area contributed by atoms with Crippen LogP contribution in [0.25, 0.3) is 0 Å². The van der Waals surface area contributed by atoms with Crippen molar-refractivity contribution in [1.29, 1.82) is 0 Å². The fourth-order valence-electron chi connectivity index (χ4n) is 1.99. The van der Waals surface area contributed by atoms with Gasteiger partial charge < -0.3 is 14.4 Å². The van der Waals surface area contributed by atoms with Crippen LogP contribution in [0.3, 0.4) is 0 Å². The molecule has 0 radical (unpaired) electrons. The molecule has 0 aliphatic carbocycles. The molecule has 17 heavy (non-hydrogen) atoms. The van der Waals surface area contributed by atoms with Crippen LogP contribution in [0, 0.1) is 0 Å². The lowest BCUT2D eigenvalue weighted by atomic mass is 10.2. The first-order chi connectivity index (χ1) is 8.28. The molecule has 0 spiro atoms. The lowest BCUT2D eigenvalue weighted by molar-refractivity contribution is 0.371. The van der Waals surface area contributed by atoms with E-state index in [-0.39, 0.29) is 0 Å². The van der Waals surface area contributed by atoms with E-state index >= 15 is 0 Å². The van der Waals surface area contributed by atoms with Gasteiger partial charge in [-0.2, -0.15) is 9.97 Å². The molecular weight excluding hydrogens is 286 g/mol. The molecule has 1 unspecified atom stereocenters. The SMILES string of the molecule is COc1cc(OC)nc(N2CCCC2CBr)n1. The zero-order valence-corrected chi connectivity index (χ0v) is 11.6. The van der Waals surface area contributed by atoms with Gasteiger partial charge in [-0.1, -0.05) is 15.9 Å². The van der Waals surface area contributed by atoms with Gasteiger partial charge in [0.05, 0.1) is 20.3 Å². The lowest BCUT2D eigenvalue weighted by Gasteiger charge is -2.23. The molecule has 1 aromatic heterocycles. The van der Waals surface area contributed by atoms with Crippen LogP contribution < -0.4 is 14.4 Å². The number of rotatable bonds is 4. The van der Waals surface area contributed by atoms with Crippen molar-refractivity contribution >= 4 is 21.9 Å². The Morgan fingerprint density at radius 1 is 1.35 bits per heavy atom. The summed E-state index contributed by atoms with van der Waals surface area (Å²) in [7, 11) is 3.19. The molecule has 2 rings (SSSR count). The highest BCUT2D eigenvalue weighted by atomic mass is 79.9. The predicted octanol–water partition coefficient (Wildman–Crippen LogP) is 1.86. The van der Waals surface area contributed by atoms with Crippen LogP contribution in [0.5, 0.6) is 11.8 Å². The zero-order chi connectivity index (χ0) is 12.3. The first kappa shape index (κ1) is 12.4. The Labute approximate surface area is 109 Å². The average molecular weight is 302 g/mol. The number of aromatic nitrogens is 2. The van der Waals surface area contributed by atoms with Gasteiger partial charge in [-0.05, 0) is 12.8 Å². The van der Waals surface area contributed by atoms with E-state index < -0.39 is 0 Å². The minimum absolute atomic E-state index is 0.451. The van der Waals surface area contributed by atoms with Crippen molar-refractivity contribution < 1.29 is 9.47 Å². The second kappa shape index (κ2) is 5.53. The molecule has 1 atom stereocenters. The molecule has 0 aromatic carbocycles. The van der Waals surface area contributed by atoms with Gasteiger partial charge in [0.15, 0.2) is 0 Å². The van der Waals surface area contributed by atoms with Crippen molar-refractivity contribution in [3.63, 3.8) is 0 Å². The first-order valence-corrected chi connectivity index (χ1v) is 6.70. The zero-order valence-electron chi connectivity index (χ0n) is 10.0. The van der Waals surface area contributed by atoms with E-state index in [1.165, 1.54) is 6.42 Å². The maximum atomic E-state index is 5.16. The number of ether oxygens (including phenoxy) is 2. The molecular formula is C11H16BrN3O2. The van der Waals surface area contributed by atoms with Crippen molar-refractivity contribution in [1.82, 2.24) is 9.97 Å². The van der Waals surface area contributed by atoms with Crippen LogP contribution in [0.15, 0.2) is 6.07 Å².